The van der Waals surface area contributed by atoms with E-state index in [2.05, 4.69) is 31.8 Å². The predicted molar refractivity (Wildman–Crippen MR) is 65.9 cm³/mol. The van der Waals surface area contributed by atoms with Gasteiger partial charge < -0.3 is 14.9 Å². The highest BCUT2D eigenvalue weighted by molar-refractivity contribution is 5.94. The molecule has 0 saturated carbocycles. The van der Waals surface area contributed by atoms with E-state index in [0.29, 0.717) is 11.3 Å². The summed E-state index contributed by atoms with van der Waals surface area (Å²) < 4.78 is 4.66. The van der Waals surface area contributed by atoms with Crippen molar-refractivity contribution in [1.82, 2.24) is 15.5 Å². The fourth-order valence-corrected chi connectivity index (χ4v) is 1.41. The summed E-state index contributed by atoms with van der Waals surface area (Å²) in [6.45, 7) is -0.0202. The van der Waals surface area contributed by atoms with Gasteiger partial charge in [-0.1, -0.05) is 17.0 Å². The van der Waals surface area contributed by atoms with Crippen molar-refractivity contribution in [1.29, 1.82) is 0 Å². The standard InChI is InChI=1S/C13H11N3O3/c17-7-2-4-10-3-1-6-14-12(10)13(18)15-9-11-5-8-19-16-11/h1,3,5-6,8,17H,7,9H2,(H,15,18). The molecule has 2 heterocycles. The lowest BCUT2D eigenvalue weighted by molar-refractivity contribution is 0.0945. The van der Waals surface area contributed by atoms with E-state index in [0.717, 1.165) is 0 Å². The molecule has 2 N–H and O–H groups in total. The minimum Gasteiger partial charge on any atom is -0.384 e. The van der Waals surface area contributed by atoms with Crippen LogP contribution < -0.4 is 5.32 Å². The Morgan fingerprint density at radius 3 is 3.11 bits per heavy atom. The molecule has 2 aromatic heterocycles. The summed E-state index contributed by atoms with van der Waals surface area (Å²) in [7, 11) is 0. The second-order valence-electron chi connectivity index (χ2n) is 3.53. The third kappa shape index (κ3) is 3.40. The first-order valence-electron chi connectivity index (χ1n) is 5.53. The molecule has 6 nitrogen and oxygen atoms in total. The number of hydrogen-bond acceptors (Lipinski definition) is 5. The second kappa shape index (κ2) is 6.33. The van der Waals surface area contributed by atoms with Crippen molar-refractivity contribution in [3.8, 4) is 11.8 Å². The summed E-state index contributed by atoms with van der Waals surface area (Å²) in [4.78, 5) is 16.0. The second-order valence-corrected chi connectivity index (χ2v) is 3.53. The number of nitrogens with zero attached hydrogens (tertiary/aromatic N) is 2. The third-order valence-corrected chi connectivity index (χ3v) is 2.25. The van der Waals surface area contributed by atoms with Crippen molar-refractivity contribution in [2.24, 2.45) is 0 Å². The summed E-state index contributed by atoms with van der Waals surface area (Å²) in [5.41, 5.74) is 1.30. The van der Waals surface area contributed by atoms with Crippen LogP contribution in [0.5, 0.6) is 0 Å². The minimum absolute atomic E-state index is 0.215. The quantitative estimate of drug-likeness (QED) is 0.774. The van der Waals surface area contributed by atoms with Crippen LogP contribution in [0.4, 0.5) is 0 Å². The van der Waals surface area contributed by atoms with E-state index < -0.39 is 0 Å². The summed E-state index contributed by atoms with van der Waals surface area (Å²) in [5, 5.41) is 15.0. The molecule has 2 rings (SSSR count). The van der Waals surface area contributed by atoms with Gasteiger partial charge in [0.2, 0.25) is 0 Å². The molecule has 0 atom stereocenters. The zero-order valence-corrected chi connectivity index (χ0v) is 9.96. The molecule has 0 aromatic carbocycles. The average Bonchev–Trinajstić information content (AvgIpc) is 2.96. The van der Waals surface area contributed by atoms with Gasteiger partial charge in [-0.25, -0.2) is 4.98 Å². The van der Waals surface area contributed by atoms with E-state index in [1.54, 1.807) is 18.2 Å². The van der Waals surface area contributed by atoms with Crippen molar-refractivity contribution in [3.63, 3.8) is 0 Å². The molecule has 0 fully saturated rings. The Kier molecular flexibility index (Phi) is 4.26. The number of aliphatic hydroxyl groups is 1. The average molecular weight is 257 g/mol. The number of aromatic nitrogens is 2. The van der Waals surface area contributed by atoms with Crippen LogP contribution in [0, 0.1) is 11.8 Å². The Morgan fingerprint density at radius 1 is 1.47 bits per heavy atom. The first-order valence-corrected chi connectivity index (χ1v) is 5.53. The highest BCUT2D eigenvalue weighted by Gasteiger charge is 2.11. The molecule has 0 unspecified atom stereocenters. The van der Waals surface area contributed by atoms with Crippen LogP contribution in [0.1, 0.15) is 21.7 Å². The van der Waals surface area contributed by atoms with Crippen LogP contribution in [0.3, 0.4) is 0 Å². The van der Waals surface area contributed by atoms with E-state index in [-0.39, 0.29) is 24.8 Å². The van der Waals surface area contributed by atoms with Crippen LogP contribution in [0.25, 0.3) is 0 Å². The Balaban J connectivity index is 2.10. The molecule has 96 valence electrons. The fourth-order valence-electron chi connectivity index (χ4n) is 1.41. The van der Waals surface area contributed by atoms with Crippen LogP contribution in [0.2, 0.25) is 0 Å². The van der Waals surface area contributed by atoms with E-state index in [1.165, 1.54) is 12.5 Å². The van der Waals surface area contributed by atoms with Crippen molar-refractivity contribution >= 4 is 5.91 Å². The van der Waals surface area contributed by atoms with Gasteiger partial charge in [0.25, 0.3) is 5.91 Å². The summed E-state index contributed by atoms with van der Waals surface area (Å²) >= 11 is 0. The molecule has 0 saturated heterocycles. The highest BCUT2D eigenvalue weighted by Crippen LogP contribution is 2.04. The largest absolute Gasteiger partial charge is 0.384 e. The zero-order chi connectivity index (χ0) is 13.5. The molecule has 0 spiro atoms. The van der Waals surface area contributed by atoms with Gasteiger partial charge in [0.1, 0.15) is 24.3 Å². The topological polar surface area (TPSA) is 88.3 Å². The number of carbonyl (C=O) groups excluding carboxylic acids is 1. The first-order chi connectivity index (χ1) is 9.31. The number of rotatable bonds is 3. The summed E-state index contributed by atoms with van der Waals surface area (Å²) in [6, 6.07) is 5.00. The van der Waals surface area contributed by atoms with Crippen molar-refractivity contribution in [3.05, 3.63) is 47.6 Å². The lowest BCUT2D eigenvalue weighted by atomic mass is 10.2. The number of aliphatic hydroxyl groups excluding tert-OH is 1. The molecular weight excluding hydrogens is 246 g/mol. The van der Waals surface area contributed by atoms with E-state index >= 15 is 0 Å². The van der Waals surface area contributed by atoms with Gasteiger partial charge in [0.05, 0.1) is 12.1 Å². The maximum atomic E-state index is 12.0. The molecule has 1 amide bonds. The van der Waals surface area contributed by atoms with Gasteiger partial charge in [0, 0.05) is 12.3 Å². The third-order valence-electron chi connectivity index (χ3n) is 2.25. The Hall–Kier alpha value is -2.65. The van der Waals surface area contributed by atoms with E-state index in [4.69, 9.17) is 5.11 Å². The van der Waals surface area contributed by atoms with Crippen molar-refractivity contribution in [2.45, 2.75) is 6.54 Å². The fraction of sp³-hybridized carbons (Fsp3) is 0.154. The van der Waals surface area contributed by atoms with Crippen LogP contribution in [-0.2, 0) is 6.54 Å². The predicted octanol–water partition coefficient (Wildman–Crippen LogP) is 0.343. The lowest BCUT2D eigenvalue weighted by Crippen LogP contribution is -2.24. The monoisotopic (exact) mass is 257 g/mol. The minimum atomic E-state index is -0.356. The Labute approximate surface area is 109 Å². The molecule has 0 bridgehead atoms. The van der Waals surface area contributed by atoms with Gasteiger partial charge in [-0.15, -0.1) is 0 Å². The number of nitrogens with one attached hydrogen (secondary N) is 1. The van der Waals surface area contributed by atoms with E-state index in [9.17, 15) is 4.79 Å². The van der Waals surface area contributed by atoms with Gasteiger partial charge in [-0.2, -0.15) is 0 Å². The first kappa shape index (κ1) is 12.8. The molecule has 2 aromatic rings. The van der Waals surface area contributed by atoms with Crippen LogP contribution in [0.15, 0.2) is 35.2 Å². The van der Waals surface area contributed by atoms with Gasteiger partial charge in [-0.05, 0) is 12.1 Å². The van der Waals surface area contributed by atoms with Gasteiger partial charge >= 0.3 is 0 Å². The number of pyridine rings is 1. The van der Waals surface area contributed by atoms with E-state index in [1.807, 2.05) is 0 Å². The lowest BCUT2D eigenvalue weighted by Gasteiger charge is -2.04. The maximum absolute atomic E-state index is 12.0. The molecule has 0 radical (unpaired) electrons. The molecular formula is C13H11N3O3. The van der Waals surface area contributed by atoms with Gasteiger partial charge in [0.15, 0.2) is 0 Å². The molecule has 6 heteroatoms. The number of amides is 1. The number of hydrogen-bond donors (Lipinski definition) is 2. The zero-order valence-electron chi connectivity index (χ0n) is 9.96. The molecule has 0 aliphatic heterocycles. The molecule has 0 aliphatic carbocycles. The Morgan fingerprint density at radius 2 is 2.37 bits per heavy atom. The normalized spacial score (nSPS) is 9.53. The van der Waals surface area contributed by atoms with Crippen LogP contribution in [-0.4, -0.2) is 27.8 Å². The smallest absolute Gasteiger partial charge is 0.271 e. The molecule has 0 aliphatic rings. The summed E-state index contributed by atoms with van der Waals surface area (Å²) in [5.74, 6) is 4.81. The molecule has 19 heavy (non-hydrogen) atoms. The van der Waals surface area contributed by atoms with Crippen molar-refractivity contribution in [2.75, 3.05) is 6.61 Å². The SMILES string of the molecule is O=C(NCc1ccon1)c1ncccc1C#CCO. The highest BCUT2D eigenvalue weighted by atomic mass is 16.5. The maximum Gasteiger partial charge on any atom is 0.271 e. The number of carbonyl (C=O) groups is 1. The van der Waals surface area contributed by atoms with Gasteiger partial charge in [-0.3, -0.25) is 4.79 Å². The summed E-state index contributed by atoms with van der Waals surface area (Å²) in [6.07, 6.45) is 2.94. The van der Waals surface area contributed by atoms with Crippen molar-refractivity contribution < 1.29 is 14.4 Å². The van der Waals surface area contributed by atoms with Crippen LogP contribution >= 0.6 is 0 Å². The Bertz CT molecular complexity index is 612.